The molecule has 0 saturated carbocycles. The van der Waals surface area contributed by atoms with Crippen molar-refractivity contribution in [1.82, 2.24) is 14.8 Å². The van der Waals surface area contributed by atoms with Crippen LogP contribution in [0.5, 0.6) is 0 Å². The van der Waals surface area contributed by atoms with E-state index in [4.69, 9.17) is 9.90 Å². The third-order valence-electron chi connectivity index (χ3n) is 5.76. The Bertz CT molecular complexity index is 1030. The van der Waals surface area contributed by atoms with Gasteiger partial charge in [0.05, 0.1) is 23.4 Å². The van der Waals surface area contributed by atoms with Gasteiger partial charge in [-0.15, -0.1) is 0 Å². The maximum atomic E-state index is 13.1. The maximum Gasteiger partial charge on any atom is 0.490 e. The van der Waals surface area contributed by atoms with Crippen LogP contribution in [0.4, 0.5) is 13.2 Å². The number of pyridine rings is 1. The lowest BCUT2D eigenvalue weighted by atomic mass is 9.78. The van der Waals surface area contributed by atoms with Crippen molar-refractivity contribution < 1.29 is 41.1 Å². The minimum atomic E-state index is -5.08. The van der Waals surface area contributed by atoms with Crippen LogP contribution in [0.1, 0.15) is 37.1 Å². The SMILES string of the molecule is Cc1cccc(CN2CCC3(CCCN(C(=O)CCS(C)(=O)=O)C3)C2=O)n1.O=C(O)C(F)(F)F. The third kappa shape index (κ3) is 7.67. The number of amides is 2. The Labute approximate surface area is 195 Å². The van der Waals surface area contributed by atoms with Crippen LogP contribution in [0.2, 0.25) is 0 Å². The van der Waals surface area contributed by atoms with Crippen LogP contribution < -0.4 is 0 Å². The highest BCUT2D eigenvalue weighted by atomic mass is 32.2. The zero-order chi connectivity index (χ0) is 25.7. The number of carboxylic acids is 1. The van der Waals surface area contributed by atoms with Gasteiger partial charge in [0, 0.05) is 38.0 Å². The van der Waals surface area contributed by atoms with Gasteiger partial charge in [0.15, 0.2) is 0 Å². The number of aromatic nitrogens is 1. The summed E-state index contributed by atoms with van der Waals surface area (Å²) in [7, 11) is -3.17. The second kappa shape index (κ2) is 10.7. The van der Waals surface area contributed by atoms with Gasteiger partial charge in [-0.1, -0.05) is 6.07 Å². The summed E-state index contributed by atoms with van der Waals surface area (Å²) in [6.45, 7) is 4.07. The predicted molar refractivity (Wildman–Crippen MR) is 115 cm³/mol. The molecular formula is C21H28F3N3O6S. The minimum absolute atomic E-state index is 0.0139. The molecule has 1 aromatic heterocycles. The van der Waals surface area contributed by atoms with Crippen LogP contribution in [-0.2, 0) is 30.8 Å². The molecule has 1 N–H and O–H groups in total. The lowest BCUT2D eigenvalue weighted by Gasteiger charge is -2.39. The monoisotopic (exact) mass is 507 g/mol. The molecule has 3 heterocycles. The number of aryl methyl sites for hydroxylation is 1. The van der Waals surface area contributed by atoms with Crippen LogP contribution in [0.15, 0.2) is 18.2 Å². The van der Waals surface area contributed by atoms with Crippen molar-refractivity contribution in [2.75, 3.05) is 31.6 Å². The maximum absolute atomic E-state index is 13.1. The van der Waals surface area contributed by atoms with Crippen LogP contribution in [-0.4, -0.2) is 83.9 Å². The highest BCUT2D eigenvalue weighted by molar-refractivity contribution is 7.90. The first-order valence-electron chi connectivity index (χ1n) is 10.6. The molecular weight excluding hydrogens is 479 g/mol. The number of rotatable bonds is 5. The van der Waals surface area contributed by atoms with Crippen molar-refractivity contribution in [2.45, 2.75) is 45.3 Å². The van der Waals surface area contributed by atoms with Crippen LogP contribution in [0.3, 0.4) is 0 Å². The Morgan fingerprint density at radius 1 is 1.21 bits per heavy atom. The number of alkyl halides is 3. The predicted octanol–water partition coefficient (Wildman–Crippen LogP) is 1.80. The molecule has 3 rings (SSSR count). The molecule has 190 valence electrons. The van der Waals surface area contributed by atoms with Crippen molar-refractivity contribution in [3.8, 4) is 0 Å². The number of carbonyl (C=O) groups excluding carboxylic acids is 2. The molecule has 2 amide bonds. The molecule has 1 atom stereocenters. The summed E-state index contributed by atoms with van der Waals surface area (Å²) in [6, 6.07) is 5.79. The number of sulfone groups is 1. The van der Waals surface area contributed by atoms with E-state index in [0.29, 0.717) is 26.2 Å². The molecule has 9 nitrogen and oxygen atoms in total. The molecule has 2 fully saturated rings. The van der Waals surface area contributed by atoms with Crippen molar-refractivity contribution in [3.05, 3.63) is 29.6 Å². The molecule has 1 unspecified atom stereocenters. The van der Waals surface area contributed by atoms with E-state index < -0.39 is 27.4 Å². The fourth-order valence-electron chi connectivity index (χ4n) is 4.08. The zero-order valence-electron chi connectivity index (χ0n) is 19.0. The first-order chi connectivity index (χ1) is 15.6. The average Bonchev–Trinajstić information content (AvgIpc) is 3.01. The van der Waals surface area contributed by atoms with Gasteiger partial charge in [-0.2, -0.15) is 13.2 Å². The first-order valence-corrected chi connectivity index (χ1v) is 12.7. The highest BCUT2D eigenvalue weighted by Gasteiger charge is 2.49. The average molecular weight is 508 g/mol. The van der Waals surface area contributed by atoms with Gasteiger partial charge in [-0.05, 0) is 38.3 Å². The first kappa shape index (κ1) is 27.5. The lowest BCUT2D eigenvalue weighted by Crippen LogP contribution is -2.50. The fourth-order valence-corrected chi connectivity index (χ4v) is 4.63. The number of likely N-dealkylation sites (tertiary alicyclic amines) is 2. The van der Waals surface area contributed by atoms with E-state index in [9.17, 15) is 31.2 Å². The molecule has 1 spiro atoms. The van der Waals surface area contributed by atoms with E-state index >= 15 is 0 Å². The summed E-state index contributed by atoms with van der Waals surface area (Å²) in [6.07, 6.45) is -1.68. The molecule has 2 aliphatic heterocycles. The molecule has 0 aliphatic carbocycles. The summed E-state index contributed by atoms with van der Waals surface area (Å²) in [5, 5.41) is 7.12. The third-order valence-corrected chi connectivity index (χ3v) is 6.70. The van der Waals surface area contributed by atoms with Crippen LogP contribution in [0.25, 0.3) is 0 Å². The largest absolute Gasteiger partial charge is 0.490 e. The molecule has 0 radical (unpaired) electrons. The van der Waals surface area contributed by atoms with Crippen molar-refractivity contribution in [2.24, 2.45) is 5.41 Å². The van der Waals surface area contributed by atoms with Crippen LogP contribution in [0, 0.1) is 12.3 Å². The molecule has 2 aliphatic rings. The normalized spacial score (nSPS) is 20.8. The van der Waals surface area contributed by atoms with E-state index in [1.165, 1.54) is 0 Å². The van der Waals surface area contributed by atoms with Gasteiger partial charge in [0.25, 0.3) is 0 Å². The fraction of sp³-hybridized carbons (Fsp3) is 0.619. The van der Waals surface area contributed by atoms with E-state index in [1.807, 2.05) is 30.0 Å². The Kier molecular flexibility index (Phi) is 8.67. The van der Waals surface area contributed by atoms with Gasteiger partial charge in [0.2, 0.25) is 11.8 Å². The Hall–Kier alpha value is -2.70. The summed E-state index contributed by atoms with van der Waals surface area (Å²) in [5.74, 6) is -2.99. The molecule has 2 saturated heterocycles. The number of halogens is 3. The van der Waals surface area contributed by atoms with Crippen molar-refractivity contribution in [3.63, 3.8) is 0 Å². The number of carboxylic acid groups (broad SMARTS) is 1. The van der Waals surface area contributed by atoms with Gasteiger partial charge in [0.1, 0.15) is 9.84 Å². The Balaban J connectivity index is 0.000000509. The molecule has 13 heteroatoms. The van der Waals surface area contributed by atoms with E-state index in [1.54, 1.807) is 4.90 Å². The summed E-state index contributed by atoms with van der Waals surface area (Å²) < 4.78 is 54.4. The molecule has 34 heavy (non-hydrogen) atoms. The van der Waals surface area contributed by atoms with Gasteiger partial charge in [-0.25, -0.2) is 13.2 Å². The summed E-state index contributed by atoms with van der Waals surface area (Å²) >= 11 is 0. The Morgan fingerprint density at radius 3 is 2.41 bits per heavy atom. The van der Waals surface area contributed by atoms with Gasteiger partial charge >= 0.3 is 12.1 Å². The van der Waals surface area contributed by atoms with Gasteiger partial charge in [-0.3, -0.25) is 14.6 Å². The number of carbonyl (C=O) groups is 3. The van der Waals surface area contributed by atoms with Crippen molar-refractivity contribution >= 4 is 27.6 Å². The molecule has 0 aromatic carbocycles. The van der Waals surface area contributed by atoms with Crippen LogP contribution >= 0.6 is 0 Å². The summed E-state index contributed by atoms with van der Waals surface area (Å²) in [4.78, 5) is 42.4. The zero-order valence-corrected chi connectivity index (χ0v) is 19.8. The number of aliphatic carboxylic acids is 1. The van der Waals surface area contributed by atoms with E-state index in [-0.39, 0.29) is 24.0 Å². The highest BCUT2D eigenvalue weighted by Crippen LogP contribution is 2.40. The number of nitrogens with zero attached hydrogens (tertiary/aromatic N) is 3. The number of hydrogen-bond donors (Lipinski definition) is 1. The van der Waals surface area contributed by atoms with Gasteiger partial charge < -0.3 is 14.9 Å². The second-order valence-electron chi connectivity index (χ2n) is 8.63. The second-order valence-corrected chi connectivity index (χ2v) is 10.9. The number of piperidine rings is 1. The van der Waals surface area contributed by atoms with E-state index in [0.717, 1.165) is 36.9 Å². The quantitative estimate of drug-likeness (QED) is 0.644. The lowest BCUT2D eigenvalue weighted by molar-refractivity contribution is -0.192. The topological polar surface area (TPSA) is 125 Å². The molecule has 0 bridgehead atoms. The van der Waals surface area contributed by atoms with Crippen molar-refractivity contribution in [1.29, 1.82) is 0 Å². The smallest absolute Gasteiger partial charge is 0.475 e. The Morgan fingerprint density at radius 2 is 1.85 bits per heavy atom. The number of hydrogen-bond acceptors (Lipinski definition) is 6. The summed E-state index contributed by atoms with van der Waals surface area (Å²) in [5.41, 5.74) is 1.27. The molecule has 1 aromatic rings. The van der Waals surface area contributed by atoms with E-state index in [2.05, 4.69) is 4.98 Å². The standard InChI is InChI=1S/C19H27N3O4S.C2HF3O2/c1-15-5-3-6-16(20-15)13-21-11-9-19(18(21)24)8-4-10-22(14-19)17(23)7-12-27(2,25)26;3-2(4,5)1(6)7/h3,5-6H,4,7-14H2,1-2H3;(H,6,7). The minimum Gasteiger partial charge on any atom is -0.475 e.